The van der Waals surface area contributed by atoms with Crippen LogP contribution in [-0.4, -0.2) is 33.7 Å². The van der Waals surface area contributed by atoms with Gasteiger partial charge < -0.3 is 4.90 Å². The van der Waals surface area contributed by atoms with E-state index in [9.17, 15) is 0 Å². The maximum atomic E-state index is 3.94. The number of hydrogen-bond acceptors (Lipinski definition) is 4. The molecule has 0 unspecified atom stereocenters. The summed E-state index contributed by atoms with van der Waals surface area (Å²) in [6.07, 6.45) is 2.46. The van der Waals surface area contributed by atoms with Gasteiger partial charge in [0.05, 0.1) is 0 Å². The lowest BCUT2D eigenvalue weighted by molar-refractivity contribution is 0.434. The lowest BCUT2D eigenvalue weighted by Gasteiger charge is -2.28. The van der Waals surface area contributed by atoms with Crippen molar-refractivity contribution in [1.29, 1.82) is 0 Å². The minimum atomic E-state index is 0.738. The Hall–Kier alpha value is -1.13. The maximum Gasteiger partial charge on any atom is 0.265 e. The minimum absolute atomic E-state index is 0.738. The van der Waals surface area contributed by atoms with Crippen molar-refractivity contribution in [3.8, 4) is 0 Å². The van der Waals surface area contributed by atoms with Gasteiger partial charge >= 0.3 is 0 Å². The fourth-order valence-electron chi connectivity index (χ4n) is 1.50. The number of aromatic nitrogens is 4. The Bertz CT molecular complexity index is 224. The van der Waals surface area contributed by atoms with Gasteiger partial charge in [0.25, 0.3) is 5.95 Å². The van der Waals surface area contributed by atoms with Gasteiger partial charge in [-0.1, -0.05) is 12.0 Å². The summed E-state index contributed by atoms with van der Waals surface area (Å²) in [5.41, 5.74) is 0. The summed E-state index contributed by atoms with van der Waals surface area (Å²) in [5.74, 6) is 1.58. The zero-order chi connectivity index (χ0) is 8.39. The zero-order valence-corrected chi connectivity index (χ0v) is 7.19. The van der Waals surface area contributed by atoms with Crippen LogP contribution in [0, 0.1) is 5.92 Å². The van der Waals surface area contributed by atoms with E-state index in [0.29, 0.717) is 0 Å². The van der Waals surface area contributed by atoms with Crippen molar-refractivity contribution >= 4 is 5.95 Å². The van der Waals surface area contributed by atoms with Gasteiger partial charge in [0.2, 0.25) is 0 Å². The van der Waals surface area contributed by atoms with Crippen LogP contribution < -0.4 is 4.90 Å². The fraction of sp³-hybridized carbons (Fsp3) is 0.857. The van der Waals surface area contributed by atoms with Gasteiger partial charge in [-0.05, 0) is 24.0 Å². The standard InChI is InChI=1S/C7H13N5/c1-6-2-4-12(5-3-6)7-8-10-11-9-7/h6H,2-5H2,1H3,(H,8,9,10,11). The molecule has 1 aliphatic rings. The van der Waals surface area contributed by atoms with Crippen molar-refractivity contribution in [2.45, 2.75) is 19.8 Å². The summed E-state index contributed by atoms with van der Waals surface area (Å²) in [7, 11) is 0. The van der Waals surface area contributed by atoms with Gasteiger partial charge in [-0.25, -0.2) is 0 Å². The van der Waals surface area contributed by atoms with E-state index in [1.807, 2.05) is 0 Å². The summed E-state index contributed by atoms with van der Waals surface area (Å²) in [5, 5.41) is 13.9. The molecule has 0 spiro atoms. The molecular formula is C7H13N5. The number of nitrogens with zero attached hydrogens (tertiary/aromatic N) is 4. The second-order valence-corrected chi connectivity index (χ2v) is 3.38. The molecule has 1 aliphatic heterocycles. The Balaban J connectivity index is 1.99. The first-order valence-electron chi connectivity index (χ1n) is 4.34. The molecule has 0 amide bonds. The second kappa shape index (κ2) is 3.08. The van der Waals surface area contributed by atoms with Crippen molar-refractivity contribution in [3.63, 3.8) is 0 Å². The number of H-pyrrole nitrogens is 1. The molecular weight excluding hydrogens is 154 g/mol. The summed E-state index contributed by atoms with van der Waals surface area (Å²) < 4.78 is 0. The van der Waals surface area contributed by atoms with Crippen LogP contribution in [0.5, 0.6) is 0 Å². The third kappa shape index (κ3) is 1.39. The SMILES string of the molecule is CC1CCN(c2nn[nH]n2)CC1. The first-order chi connectivity index (χ1) is 5.86. The molecule has 1 aromatic heterocycles. The van der Waals surface area contributed by atoms with Crippen molar-refractivity contribution in [2.24, 2.45) is 5.92 Å². The topological polar surface area (TPSA) is 57.7 Å². The summed E-state index contributed by atoms with van der Waals surface area (Å²) >= 11 is 0. The van der Waals surface area contributed by atoms with Crippen LogP contribution in [0.15, 0.2) is 0 Å². The van der Waals surface area contributed by atoms with Crippen LogP contribution in [0.1, 0.15) is 19.8 Å². The van der Waals surface area contributed by atoms with E-state index in [1.54, 1.807) is 0 Å². The van der Waals surface area contributed by atoms with Gasteiger partial charge in [-0.3, -0.25) is 0 Å². The lowest BCUT2D eigenvalue weighted by atomic mass is 10.00. The van der Waals surface area contributed by atoms with Gasteiger partial charge in [0.15, 0.2) is 0 Å². The largest absolute Gasteiger partial charge is 0.338 e. The number of piperidine rings is 1. The van der Waals surface area contributed by atoms with Crippen molar-refractivity contribution in [1.82, 2.24) is 20.6 Å². The van der Waals surface area contributed by atoms with Crippen molar-refractivity contribution in [2.75, 3.05) is 18.0 Å². The van der Waals surface area contributed by atoms with Crippen molar-refractivity contribution < 1.29 is 0 Å². The molecule has 0 radical (unpaired) electrons. The van der Waals surface area contributed by atoms with Gasteiger partial charge in [0.1, 0.15) is 0 Å². The zero-order valence-electron chi connectivity index (χ0n) is 7.19. The molecule has 2 heterocycles. The number of aromatic amines is 1. The number of rotatable bonds is 1. The van der Waals surface area contributed by atoms with Gasteiger partial charge in [0, 0.05) is 13.1 Å². The molecule has 0 atom stereocenters. The molecule has 66 valence electrons. The number of tetrazole rings is 1. The summed E-state index contributed by atoms with van der Waals surface area (Å²) in [6, 6.07) is 0. The summed E-state index contributed by atoms with van der Waals surface area (Å²) in [6.45, 7) is 4.40. The molecule has 1 aromatic rings. The average molecular weight is 167 g/mol. The lowest BCUT2D eigenvalue weighted by Crippen LogP contribution is -2.33. The van der Waals surface area contributed by atoms with E-state index < -0.39 is 0 Å². The number of nitrogens with one attached hydrogen (secondary N) is 1. The molecule has 1 N–H and O–H groups in total. The van der Waals surface area contributed by atoms with Gasteiger partial charge in [-0.15, -0.1) is 5.10 Å². The van der Waals surface area contributed by atoms with Crippen LogP contribution in [0.25, 0.3) is 0 Å². The Morgan fingerprint density at radius 2 is 2.17 bits per heavy atom. The molecule has 0 aliphatic carbocycles. The molecule has 5 nitrogen and oxygen atoms in total. The first-order valence-corrected chi connectivity index (χ1v) is 4.34. The Morgan fingerprint density at radius 3 is 2.75 bits per heavy atom. The third-order valence-electron chi connectivity index (χ3n) is 2.40. The van der Waals surface area contributed by atoms with Crippen LogP contribution in [0.3, 0.4) is 0 Å². The maximum absolute atomic E-state index is 3.94. The molecule has 5 heteroatoms. The molecule has 1 fully saturated rings. The first kappa shape index (κ1) is 7.52. The van der Waals surface area contributed by atoms with Crippen LogP contribution >= 0.6 is 0 Å². The van der Waals surface area contributed by atoms with Crippen LogP contribution in [0.2, 0.25) is 0 Å². The smallest absolute Gasteiger partial charge is 0.265 e. The van der Waals surface area contributed by atoms with E-state index in [0.717, 1.165) is 25.0 Å². The molecule has 12 heavy (non-hydrogen) atoms. The molecule has 0 saturated carbocycles. The minimum Gasteiger partial charge on any atom is -0.338 e. The molecule has 1 saturated heterocycles. The molecule has 0 aromatic carbocycles. The highest BCUT2D eigenvalue weighted by Gasteiger charge is 2.18. The van der Waals surface area contributed by atoms with Crippen LogP contribution in [-0.2, 0) is 0 Å². The fourth-order valence-corrected chi connectivity index (χ4v) is 1.50. The number of hydrogen-bond donors (Lipinski definition) is 1. The van der Waals surface area contributed by atoms with E-state index in [2.05, 4.69) is 32.4 Å². The predicted molar refractivity (Wildman–Crippen MR) is 44.8 cm³/mol. The average Bonchev–Trinajstić information content (AvgIpc) is 2.58. The molecule has 2 rings (SSSR count). The van der Waals surface area contributed by atoms with E-state index in [-0.39, 0.29) is 0 Å². The summed E-state index contributed by atoms with van der Waals surface area (Å²) in [4.78, 5) is 2.17. The highest BCUT2D eigenvalue weighted by molar-refractivity contribution is 5.26. The predicted octanol–water partition coefficient (Wildman–Crippen LogP) is 0.436. The van der Waals surface area contributed by atoms with Gasteiger partial charge in [-0.2, -0.15) is 5.21 Å². The highest BCUT2D eigenvalue weighted by atomic mass is 15.5. The van der Waals surface area contributed by atoms with Crippen molar-refractivity contribution in [3.05, 3.63) is 0 Å². The number of anilines is 1. The second-order valence-electron chi connectivity index (χ2n) is 3.38. The monoisotopic (exact) mass is 167 g/mol. The normalized spacial score (nSPS) is 19.9. The molecule has 0 bridgehead atoms. The van der Waals surface area contributed by atoms with E-state index >= 15 is 0 Å². The Morgan fingerprint density at radius 1 is 1.42 bits per heavy atom. The quantitative estimate of drug-likeness (QED) is 0.659. The Labute approximate surface area is 71.1 Å². The van der Waals surface area contributed by atoms with E-state index in [4.69, 9.17) is 0 Å². The Kier molecular flexibility index (Phi) is 1.93. The van der Waals surface area contributed by atoms with E-state index in [1.165, 1.54) is 12.8 Å². The highest BCUT2D eigenvalue weighted by Crippen LogP contribution is 2.18. The third-order valence-corrected chi connectivity index (χ3v) is 2.40. The van der Waals surface area contributed by atoms with Crippen LogP contribution in [0.4, 0.5) is 5.95 Å².